The van der Waals surface area contributed by atoms with Crippen LogP contribution in [0.1, 0.15) is 0 Å². The SMILES string of the molecule is c1ccc(-c2ccc(-c3nc(-c4ccccc4)nc(-c4cccc5c4oc4ccc(-c6cccc7c6sc6cccc(-c8ccccc8)c67)cc45)n3)cc2)cc1. The summed E-state index contributed by atoms with van der Waals surface area (Å²) in [5, 5.41) is 4.65. The Morgan fingerprint density at radius 2 is 0.893 bits per heavy atom. The molecular weight excluding hydrogens is 703 g/mol. The van der Waals surface area contributed by atoms with E-state index >= 15 is 0 Å². The zero-order valence-electron chi connectivity index (χ0n) is 30.1. The van der Waals surface area contributed by atoms with Gasteiger partial charge in [0.2, 0.25) is 0 Å². The molecule has 0 fully saturated rings. The van der Waals surface area contributed by atoms with Crippen molar-refractivity contribution in [1.29, 1.82) is 0 Å². The first kappa shape index (κ1) is 32.2. The molecule has 56 heavy (non-hydrogen) atoms. The standard InChI is InChI=1S/C51H31N3OS/c1-4-13-32(14-5-1)33-25-27-36(28-26-33)50-52-49(35-17-8-3-9-18-35)53-51(54-50)42-23-11-21-40-43-31-37(29-30-44(43)55-47(40)42)39-20-10-22-41-46-38(34-15-6-2-7-16-34)19-12-24-45(46)56-48(39)41/h1-31H. The molecule has 262 valence electrons. The van der Waals surface area contributed by atoms with Crippen LogP contribution in [0.2, 0.25) is 0 Å². The van der Waals surface area contributed by atoms with Crippen molar-refractivity contribution in [3.8, 4) is 67.5 Å². The molecule has 0 saturated heterocycles. The minimum atomic E-state index is 0.565. The van der Waals surface area contributed by atoms with E-state index in [2.05, 4.69) is 146 Å². The topological polar surface area (TPSA) is 51.8 Å². The van der Waals surface area contributed by atoms with Gasteiger partial charge in [0, 0.05) is 42.1 Å². The molecule has 0 amide bonds. The quantitative estimate of drug-likeness (QED) is 0.171. The number of hydrogen-bond acceptors (Lipinski definition) is 5. The largest absolute Gasteiger partial charge is 0.455 e. The Hall–Kier alpha value is -7.21. The smallest absolute Gasteiger partial charge is 0.167 e. The van der Waals surface area contributed by atoms with Gasteiger partial charge in [0.15, 0.2) is 17.5 Å². The van der Waals surface area contributed by atoms with E-state index < -0.39 is 0 Å². The second kappa shape index (κ2) is 13.3. The summed E-state index contributed by atoms with van der Waals surface area (Å²) in [6.07, 6.45) is 0. The van der Waals surface area contributed by atoms with E-state index in [4.69, 9.17) is 19.4 Å². The summed E-state index contributed by atoms with van der Waals surface area (Å²) in [4.78, 5) is 15.1. The van der Waals surface area contributed by atoms with Crippen LogP contribution in [0.15, 0.2) is 192 Å². The summed E-state index contributed by atoms with van der Waals surface area (Å²) in [6, 6.07) is 65.6. The molecule has 0 spiro atoms. The van der Waals surface area contributed by atoms with Crippen molar-refractivity contribution in [2.24, 2.45) is 0 Å². The molecule has 0 bridgehead atoms. The van der Waals surface area contributed by atoms with Crippen LogP contribution in [0.25, 0.3) is 110 Å². The Balaban J connectivity index is 1.04. The molecule has 0 aliphatic carbocycles. The molecule has 0 aliphatic rings. The summed E-state index contributed by atoms with van der Waals surface area (Å²) in [5.41, 5.74) is 11.4. The summed E-state index contributed by atoms with van der Waals surface area (Å²) < 4.78 is 9.25. The van der Waals surface area contributed by atoms with E-state index in [1.807, 2.05) is 53.8 Å². The molecule has 11 rings (SSSR count). The van der Waals surface area contributed by atoms with Crippen LogP contribution in [-0.4, -0.2) is 15.0 Å². The summed E-state index contributed by atoms with van der Waals surface area (Å²) in [5.74, 6) is 1.78. The van der Waals surface area contributed by atoms with Gasteiger partial charge in [0.25, 0.3) is 0 Å². The summed E-state index contributed by atoms with van der Waals surface area (Å²) in [7, 11) is 0. The van der Waals surface area contributed by atoms with Crippen LogP contribution in [0.5, 0.6) is 0 Å². The van der Waals surface area contributed by atoms with Crippen LogP contribution >= 0.6 is 11.3 Å². The van der Waals surface area contributed by atoms with Crippen LogP contribution in [0.4, 0.5) is 0 Å². The maximum Gasteiger partial charge on any atom is 0.167 e. The molecule has 8 aromatic carbocycles. The monoisotopic (exact) mass is 733 g/mol. The Labute approximate surface area is 327 Å². The lowest BCUT2D eigenvalue weighted by Gasteiger charge is -2.09. The normalized spacial score (nSPS) is 11.6. The van der Waals surface area contributed by atoms with Crippen molar-refractivity contribution >= 4 is 53.4 Å². The number of hydrogen-bond donors (Lipinski definition) is 0. The summed E-state index contributed by atoms with van der Waals surface area (Å²) >= 11 is 1.86. The highest BCUT2D eigenvalue weighted by molar-refractivity contribution is 7.26. The fourth-order valence-corrected chi connectivity index (χ4v) is 9.12. The van der Waals surface area contributed by atoms with Gasteiger partial charge >= 0.3 is 0 Å². The number of rotatable bonds is 6. The molecule has 0 saturated carbocycles. The van der Waals surface area contributed by atoms with E-state index in [9.17, 15) is 0 Å². The first-order valence-corrected chi connectivity index (χ1v) is 19.5. The zero-order valence-corrected chi connectivity index (χ0v) is 30.9. The lowest BCUT2D eigenvalue weighted by atomic mass is 9.97. The maximum atomic E-state index is 6.69. The molecule has 0 radical (unpaired) electrons. The van der Waals surface area contributed by atoms with Crippen molar-refractivity contribution in [2.45, 2.75) is 0 Å². The van der Waals surface area contributed by atoms with Gasteiger partial charge in [0.05, 0.1) is 5.56 Å². The van der Waals surface area contributed by atoms with Gasteiger partial charge in [-0.2, -0.15) is 0 Å². The molecular formula is C51H31N3OS. The molecule has 11 aromatic rings. The third-order valence-electron chi connectivity index (χ3n) is 10.6. The third-order valence-corrected chi connectivity index (χ3v) is 11.8. The van der Waals surface area contributed by atoms with Crippen molar-refractivity contribution in [3.63, 3.8) is 0 Å². The van der Waals surface area contributed by atoms with Crippen molar-refractivity contribution in [3.05, 3.63) is 188 Å². The van der Waals surface area contributed by atoms with Gasteiger partial charge in [-0.1, -0.05) is 164 Å². The highest BCUT2D eigenvalue weighted by atomic mass is 32.1. The number of benzene rings is 8. The molecule has 3 aromatic heterocycles. The van der Waals surface area contributed by atoms with Crippen molar-refractivity contribution < 1.29 is 4.42 Å². The third kappa shape index (κ3) is 5.48. The van der Waals surface area contributed by atoms with Crippen molar-refractivity contribution in [1.82, 2.24) is 15.0 Å². The van der Waals surface area contributed by atoms with Gasteiger partial charge in [-0.05, 0) is 57.6 Å². The summed E-state index contributed by atoms with van der Waals surface area (Å²) in [6.45, 7) is 0. The highest BCUT2D eigenvalue weighted by Gasteiger charge is 2.20. The fourth-order valence-electron chi connectivity index (χ4n) is 7.86. The molecule has 4 nitrogen and oxygen atoms in total. The Morgan fingerprint density at radius 1 is 0.357 bits per heavy atom. The lowest BCUT2D eigenvalue weighted by molar-refractivity contribution is 0.669. The van der Waals surface area contributed by atoms with Crippen LogP contribution < -0.4 is 0 Å². The second-order valence-corrected chi connectivity index (χ2v) is 15.0. The van der Waals surface area contributed by atoms with Crippen LogP contribution in [-0.2, 0) is 0 Å². The predicted molar refractivity (Wildman–Crippen MR) is 233 cm³/mol. The highest BCUT2D eigenvalue weighted by Crippen LogP contribution is 2.45. The molecule has 0 N–H and O–H groups in total. The number of aromatic nitrogens is 3. The predicted octanol–water partition coefficient (Wildman–Crippen LogP) is 14.1. The minimum Gasteiger partial charge on any atom is -0.455 e. The van der Waals surface area contributed by atoms with E-state index in [0.717, 1.165) is 55.3 Å². The van der Waals surface area contributed by atoms with Gasteiger partial charge in [-0.25, -0.2) is 15.0 Å². The van der Waals surface area contributed by atoms with Gasteiger partial charge in [0.1, 0.15) is 11.2 Å². The first-order valence-electron chi connectivity index (χ1n) is 18.7. The number of furan rings is 1. The molecule has 0 unspecified atom stereocenters. The molecule has 0 atom stereocenters. The number of thiophene rings is 1. The van der Waals surface area contributed by atoms with Gasteiger partial charge < -0.3 is 4.42 Å². The number of nitrogens with zero attached hydrogens (tertiary/aromatic N) is 3. The van der Waals surface area contributed by atoms with Gasteiger partial charge in [-0.3, -0.25) is 0 Å². The average molecular weight is 734 g/mol. The lowest BCUT2D eigenvalue weighted by Crippen LogP contribution is -2.00. The first-order chi connectivity index (χ1) is 27.7. The zero-order chi connectivity index (χ0) is 37.0. The molecule has 3 heterocycles. The second-order valence-electron chi connectivity index (χ2n) is 13.9. The number of para-hydroxylation sites is 1. The van der Waals surface area contributed by atoms with Crippen LogP contribution in [0, 0.1) is 0 Å². The van der Waals surface area contributed by atoms with E-state index in [1.54, 1.807) is 0 Å². The van der Waals surface area contributed by atoms with E-state index in [0.29, 0.717) is 17.5 Å². The Kier molecular flexibility index (Phi) is 7.64. The number of fused-ring (bicyclic) bond motifs is 6. The molecule has 0 aliphatic heterocycles. The van der Waals surface area contributed by atoms with Crippen molar-refractivity contribution in [2.75, 3.05) is 0 Å². The Morgan fingerprint density at radius 3 is 1.62 bits per heavy atom. The van der Waals surface area contributed by atoms with Crippen LogP contribution in [0.3, 0.4) is 0 Å². The van der Waals surface area contributed by atoms with E-state index in [-0.39, 0.29) is 0 Å². The maximum absolute atomic E-state index is 6.69. The Bertz CT molecular complexity index is 3230. The van der Waals surface area contributed by atoms with Gasteiger partial charge in [-0.15, -0.1) is 11.3 Å². The van der Waals surface area contributed by atoms with E-state index in [1.165, 1.54) is 36.9 Å². The molecule has 5 heteroatoms. The fraction of sp³-hybridized carbons (Fsp3) is 0. The minimum absolute atomic E-state index is 0.565. The average Bonchev–Trinajstić information content (AvgIpc) is 3.86.